The van der Waals surface area contributed by atoms with Crippen molar-refractivity contribution in [1.82, 2.24) is 16.2 Å². The average Bonchev–Trinajstić information content (AvgIpc) is 2.62. The van der Waals surface area contributed by atoms with E-state index < -0.39 is 22.9 Å². The number of aliphatic imine (C=N–C) groups is 1. The van der Waals surface area contributed by atoms with Gasteiger partial charge in [-0.3, -0.25) is 14.8 Å². The third kappa shape index (κ3) is 8.83. The maximum Gasteiger partial charge on any atom is 0.265 e. The van der Waals surface area contributed by atoms with Gasteiger partial charge >= 0.3 is 0 Å². The Morgan fingerprint density at radius 1 is 1.33 bits per heavy atom. The molecule has 0 aliphatic rings. The van der Waals surface area contributed by atoms with Crippen LogP contribution < -0.4 is 22.0 Å². The van der Waals surface area contributed by atoms with Crippen LogP contribution in [0.3, 0.4) is 0 Å². The van der Waals surface area contributed by atoms with Crippen LogP contribution in [0.2, 0.25) is 0 Å². The predicted octanol–water partition coefficient (Wildman–Crippen LogP) is -0.728. The molecule has 1 aromatic carbocycles. The van der Waals surface area contributed by atoms with Crippen molar-refractivity contribution in [1.29, 1.82) is 0 Å². The number of hydrazine groups is 1. The number of guanidine groups is 1. The van der Waals surface area contributed by atoms with Gasteiger partial charge in [-0.15, -0.1) is 0 Å². The van der Waals surface area contributed by atoms with Crippen molar-refractivity contribution < 1.29 is 24.9 Å². The van der Waals surface area contributed by atoms with Crippen LogP contribution in [0, 0.1) is 10.1 Å². The number of phenols is 1. The number of benzene rings is 1. The van der Waals surface area contributed by atoms with Gasteiger partial charge in [0.05, 0.1) is 0 Å². The van der Waals surface area contributed by atoms with E-state index in [-0.39, 0.29) is 31.1 Å². The standard InChI is InChI=1S/C15H20N6O6/c16-15(19-21(26)27)17-9-1-2-12(14(24)20-25)18-13(23)8-5-10-3-6-11(22)7-4-10/h3-8,12,22,25H,1-2,9H2,(H,18,23)(H,20,24)(H3,16,17,19)/t12-/m0/s1. The van der Waals surface area contributed by atoms with E-state index in [1.807, 2.05) is 0 Å². The number of carbonyl (C=O) groups excluding carboxylic acids is 2. The quantitative estimate of drug-likeness (QED) is 0.0614. The first kappa shape index (κ1) is 21.4. The Hall–Kier alpha value is -3.67. The van der Waals surface area contributed by atoms with E-state index in [9.17, 15) is 24.8 Å². The summed E-state index contributed by atoms with van der Waals surface area (Å²) >= 11 is 0. The van der Waals surface area contributed by atoms with Gasteiger partial charge in [-0.2, -0.15) is 0 Å². The fourth-order valence-electron chi connectivity index (χ4n) is 1.95. The number of hydrogen-bond donors (Lipinski definition) is 6. The van der Waals surface area contributed by atoms with Crippen molar-refractivity contribution in [3.63, 3.8) is 0 Å². The number of aromatic hydroxyl groups is 1. The monoisotopic (exact) mass is 380 g/mol. The summed E-state index contributed by atoms with van der Waals surface area (Å²) in [7, 11) is 0. The zero-order valence-electron chi connectivity index (χ0n) is 14.2. The number of nitro groups is 1. The van der Waals surface area contributed by atoms with Crippen LogP contribution in [-0.4, -0.2) is 45.7 Å². The van der Waals surface area contributed by atoms with E-state index in [0.29, 0.717) is 5.56 Å². The lowest BCUT2D eigenvalue weighted by atomic mass is 10.1. The molecule has 7 N–H and O–H groups in total. The number of amides is 2. The fraction of sp³-hybridized carbons (Fsp3) is 0.267. The van der Waals surface area contributed by atoms with Crippen LogP contribution >= 0.6 is 0 Å². The van der Waals surface area contributed by atoms with Crippen molar-refractivity contribution in [2.75, 3.05) is 6.54 Å². The number of phenolic OH excluding ortho intramolecular Hbond substituents is 1. The number of hydroxylamine groups is 1. The van der Waals surface area contributed by atoms with Crippen molar-refractivity contribution in [2.24, 2.45) is 10.7 Å². The van der Waals surface area contributed by atoms with Crippen LogP contribution in [0.5, 0.6) is 5.75 Å². The minimum atomic E-state index is -1.04. The number of hydrogen-bond acceptors (Lipinski definition) is 7. The first-order valence-corrected chi connectivity index (χ1v) is 7.74. The SMILES string of the molecule is NC(=NCCC[C@H](NC(=O)C=Cc1ccc(O)cc1)C(=O)NO)N[N+](=O)[O-]. The fourth-order valence-corrected chi connectivity index (χ4v) is 1.95. The molecule has 2 amide bonds. The van der Waals surface area contributed by atoms with E-state index in [4.69, 9.17) is 10.9 Å². The smallest absolute Gasteiger partial charge is 0.265 e. The number of carbonyl (C=O) groups is 2. The topological polar surface area (TPSA) is 192 Å². The highest BCUT2D eigenvalue weighted by molar-refractivity contribution is 5.95. The first-order chi connectivity index (χ1) is 12.8. The molecule has 1 rings (SSSR count). The molecule has 0 unspecified atom stereocenters. The van der Waals surface area contributed by atoms with Gasteiger partial charge in [0.15, 0.2) is 5.03 Å². The molecular weight excluding hydrogens is 360 g/mol. The summed E-state index contributed by atoms with van der Waals surface area (Å²) < 4.78 is 0. The van der Waals surface area contributed by atoms with Crippen molar-refractivity contribution in [3.8, 4) is 5.75 Å². The molecule has 0 bridgehead atoms. The molecule has 27 heavy (non-hydrogen) atoms. The Morgan fingerprint density at radius 2 is 2.00 bits per heavy atom. The van der Waals surface area contributed by atoms with Gasteiger partial charge in [0.2, 0.25) is 5.91 Å². The van der Waals surface area contributed by atoms with Crippen LogP contribution in [0.1, 0.15) is 18.4 Å². The van der Waals surface area contributed by atoms with Crippen molar-refractivity contribution in [2.45, 2.75) is 18.9 Å². The lowest BCUT2D eigenvalue weighted by molar-refractivity contribution is -0.525. The van der Waals surface area contributed by atoms with Crippen LogP contribution in [0.15, 0.2) is 35.3 Å². The summed E-state index contributed by atoms with van der Waals surface area (Å²) in [6, 6.07) is 5.07. The molecule has 0 saturated heterocycles. The third-order valence-electron chi connectivity index (χ3n) is 3.20. The molecule has 1 aromatic rings. The number of rotatable bonds is 9. The highest BCUT2D eigenvalue weighted by Gasteiger charge is 2.18. The van der Waals surface area contributed by atoms with Gasteiger partial charge in [-0.05, 0) is 36.6 Å². The van der Waals surface area contributed by atoms with Crippen molar-refractivity contribution >= 4 is 23.8 Å². The van der Waals surface area contributed by atoms with E-state index in [1.165, 1.54) is 29.8 Å². The van der Waals surface area contributed by atoms with Crippen molar-refractivity contribution in [3.05, 3.63) is 46.0 Å². The van der Waals surface area contributed by atoms with Crippen LogP contribution in [-0.2, 0) is 9.59 Å². The molecule has 0 heterocycles. The first-order valence-electron chi connectivity index (χ1n) is 7.74. The second-order valence-corrected chi connectivity index (χ2v) is 5.24. The maximum atomic E-state index is 11.9. The highest BCUT2D eigenvalue weighted by atomic mass is 16.7. The lowest BCUT2D eigenvalue weighted by Gasteiger charge is -2.15. The Kier molecular flexibility index (Phi) is 8.74. The number of nitrogens with two attached hydrogens (primary N) is 1. The van der Waals surface area contributed by atoms with Gasteiger partial charge in [-0.25, -0.2) is 20.6 Å². The summed E-state index contributed by atoms with van der Waals surface area (Å²) in [6.45, 7) is 0.0705. The molecule has 0 aliphatic heterocycles. The molecule has 0 radical (unpaired) electrons. The van der Waals surface area contributed by atoms with Gasteiger partial charge in [0, 0.05) is 12.6 Å². The molecule has 0 spiro atoms. The van der Waals surface area contributed by atoms with Gasteiger partial charge in [-0.1, -0.05) is 17.6 Å². The molecular formula is C15H20N6O6. The second-order valence-electron chi connectivity index (χ2n) is 5.24. The second kappa shape index (κ2) is 11.0. The Labute approximate surface area is 153 Å². The molecule has 0 fully saturated rings. The lowest BCUT2D eigenvalue weighted by Crippen LogP contribution is -2.45. The zero-order chi connectivity index (χ0) is 20.2. The van der Waals surface area contributed by atoms with E-state index >= 15 is 0 Å². The zero-order valence-corrected chi connectivity index (χ0v) is 14.2. The molecule has 1 atom stereocenters. The summed E-state index contributed by atoms with van der Waals surface area (Å²) in [5, 5.41) is 29.7. The normalized spacial score (nSPS) is 12.4. The number of nitrogens with one attached hydrogen (secondary N) is 3. The largest absolute Gasteiger partial charge is 0.508 e. The molecule has 12 heteroatoms. The Bertz CT molecular complexity index is 718. The molecule has 146 valence electrons. The average molecular weight is 380 g/mol. The third-order valence-corrected chi connectivity index (χ3v) is 3.20. The molecule has 0 aromatic heterocycles. The summed E-state index contributed by atoms with van der Waals surface area (Å²) in [6.07, 6.45) is 3.05. The van der Waals surface area contributed by atoms with E-state index in [0.717, 1.165) is 0 Å². The van der Waals surface area contributed by atoms with Crippen LogP contribution in [0.4, 0.5) is 0 Å². The van der Waals surface area contributed by atoms with E-state index in [1.54, 1.807) is 17.6 Å². The van der Waals surface area contributed by atoms with Gasteiger partial charge in [0.1, 0.15) is 11.8 Å². The maximum absolute atomic E-state index is 11.9. The predicted molar refractivity (Wildman–Crippen MR) is 94.9 cm³/mol. The number of nitrogens with zero attached hydrogens (tertiary/aromatic N) is 2. The minimum absolute atomic E-state index is 0.0705. The Morgan fingerprint density at radius 3 is 2.59 bits per heavy atom. The summed E-state index contributed by atoms with van der Waals surface area (Å²) in [4.78, 5) is 37.4. The van der Waals surface area contributed by atoms with Gasteiger partial charge < -0.3 is 16.2 Å². The molecule has 12 nitrogen and oxygen atoms in total. The van der Waals surface area contributed by atoms with Gasteiger partial charge in [0.25, 0.3) is 11.9 Å². The summed E-state index contributed by atoms with van der Waals surface area (Å²) in [5.74, 6) is -1.69. The van der Waals surface area contributed by atoms with E-state index in [2.05, 4.69) is 10.3 Å². The molecule has 0 saturated carbocycles. The summed E-state index contributed by atoms with van der Waals surface area (Å²) in [5.41, 5.74) is 9.03. The highest BCUT2D eigenvalue weighted by Crippen LogP contribution is 2.10. The van der Waals surface area contributed by atoms with Crippen LogP contribution in [0.25, 0.3) is 6.08 Å². The Balaban J connectivity index is 2.56. The molecule has 0 aliphatic carbocycles. The minimum Gasteiger partial charge on any atom is -0.508 e.